The first-order chi connectivity index (χ1) is 10.3. The van der Waals surface area contributed by atoms with Gasteiger partial charge in [0.2, 0.25) is 5.91 Å². The van der Waals surface area contributed by atoms with Crippen LogP contribution in [0, 0.1) is 0 Å². The highest BCUT2D eigenvalue weighted by Crippen LogP contribution is 2.31. The van der Waals surface area contributed by atoms with Crippen LogP contribution in [0.4, 0.5) is 5.69 Å². The third kappa shape index (κ3) is 2.91. The van der Waals surface area contributed by atoms with Crippen LogP contribution < -0.4 is 10.6 Å². The lowest BCUT2D eigenvalue weighted by Crippen LogP contribution is -2.34. The minimum atomic E-state index is -0.0472. The summed E-state index contributed by atoms with van der Waals surface area (Å²) in [5, 5.41) is 10.5. The van der Waals surface area contributed by atoms with E-state index in [1.54, 1.807) is 6.20 Å². The second-order valence-electron chi connectivity index (χ2n) is 5.34. The molecule has 0 bridgehead atoms. The van der Waals surface area contributed by atoms with Crippen LogP contribution >= 0.6 is 0 Å². The first-order valence-electron chi connectivity index (χ1n) is 7.33. The van der Waals surface area contributed by atoms with Gasteiger partial charge in [-0.05, 0) is 24.1 Å². The number of aromatic nitrogens is 2. The van der Waals surface area contributed by atoms with E-state index in [1.807, 2.05) is 42.1 Å². The van der Waals surface area contributed by atoms with Gasteiger partial charge in [0.15, 0.2) is 0 Å². The number of fused-ring (bicyclic) bond motifs is 1. The number of amides is 1. The molecule has 0 radical (unpaired) electrons. The van der Waals surface area contributed by atoms with Gasteiger partial charge >= 0.3 is 0 Å². The molecule has 0 spiro atoms. The van der Waals surface area contributed by atoms with E-state index >= 15 is 0 Å². The van der Waals surface area contributed by atoms with E-state index in [0.29, 0.717) is 6.54 Å². The summed E-state index contributed by atoms with van der Waals surface area (Å²) < 4.78 is 1.84. The average Bonchev–Trinajstić information content (AvgIpc) is 2.92. The summed E-state index contributed by atoms with van der Waals surface area (Å²) in [7, 11) is 1.92. The molecule has 2 heterocycles. The molecule has 1 aromatic carbocycles. The normalized spacial score (nSPS) is 16.9. The number of para-hydroxylation sites is 1. The quantitative estimate of drug-likeness (QED) is 0.898. The molecule has 5 heteroatoms. The molecule has 110 valence electrons. The lowest BCUT2D eigenvalue weighted by Gasteiger charge is -2.25. The van der Waals surface area contributed by atoms with Gasteiger partial charge in [0.05, 0.1) is 5.92 Å². The molecular formula is C16H20N4O. The maximum atomic E-state index is 12.4. The molecule has 3 rings (SSSR count). The van der Waals surface area contributed by atoms with Gasteiger partial charge in [-0.2, -0.15) is 5.10 Å². The molecule has 0 aliphatic carbocycles. The molecule has 0 saturated carbocycles. The molecule has 1 aromatic heterocycles. The molecule has 1 aliphatic heterocycles. The maximum Gasteiger partial charge on any atom is 0.227 e. The Hall–Kier alpha value is -2.30. The second kappa shape index (κ2) is 5.99. The van der Waals surface area contributed by atoms with Crippen LogP contribution in [-0.2, 0) is 18.3 Å². The Labute approximate surface area is 124 Å². The predicted octanol–water partition coefficient (Wildman–Crippen LogP) is 1.68. The van der Waals surface area contributed by atoms with Crippen molar-refractivity contribution in [2.24, 2.45) is 7.05 Å². The van der Waals surface area contributed by atoms with E-state index in [4.69, 9.17) is 0 Å². The minimum Gasteiger partial charge on any atom is -0.385 e. The fourth-order valence-electron chi connectivity index (χ4n) is 2.82. The Morgan fingerprint density at radius 1 is 1.43 bits per heavy atom. The molecule has 1 amide bonds. The van der Waals surface area contributed by atoms with Gasteiger partial charge in [0.25, 0.3) is 0 Å². The van der Waals surface area contributed by atoms with E-state index in [-0.39, 0.29) is 11.8 Å². The zero-order valence-electron chi connectivity index (χ0n) is 12.2. The Morgan fingerprint density at radius 2 is 2.29 bits per heavy atom. The summed E-state index contributed by atoms with van der Waals surface area (Å²) in [6.07, 6.45) is 3.42. The summed E-state index contributed by atoms with van der Waals surface area (Å²) in [6, 6.07) is 10.0. The monoisotopic (exact) mass is 284 g/mol. The third-order valence-electron chi connectivity index (χ3n) is 4.00. The fraction of sp³-hybridized carbons (Fsp3) is 0.375. The van der Waals surface area contributed by atoms with Crippen molar-refractivity contribution in [2.45, 2.75) is 18.8 Å². The van der Waals surface area contributed by atoms with Crippen molar-refractivity contribution >= 4 is 11.6 Å². The number of aryl methyl sites for hydroxylation is 1. The van der Waals surface area contributed by atoms with Crippen LogP contribution in [-0.4, -0.2) is 28.8 Å². The van der Waals surface area contributed by atoms with Crippen LogP contribution in [0.5, 0.6) is 0 Å². The summed E-state index contributed by atoms with van der Waals surface area (Å²) in [5.41, 5.74) is 3.30. The van der Waals surface area contributed by atoms with Crippen molar-refractivity contribution in [2.75, 3.05) is 18.4 Å². The van der Waals surface area contributed by atoms with E-state index in [9.17, 15) is 4.79 Å². The predicted molar refractivity (Wildman–Crippen MR) is 82.2 cm³/mol. The molecule has 0 saturated heterocycles. The molecule has 1 atom stereocenters. The van der Waals surface area contributed by atoms with E-state index < -0.39 is 0 Å². The van der Waals surface area contributed by atoms with Crippen LogP contribution in [0.25, 0.3) is 0 Å². The van der Waals surface area contributed by atoms with Gasteiger partial charge in [0.1, 0.15) is 0 Å². The summed E-state index contributed by atoms with van der Waals surface area (Å²) in [4.78, 5) is 12.4. The van der Waals surface area contributed by atoms with Crippen molar-refractivity contribution < 1.29 is 4.79 Å². The van der Waals surface area contributed by atoms with Crippen LogP contribution in [0.3, 0.4) is 0 Å². The fourth-order valence-corrected chi connectivity index (χ4v) is 2.82. The average molecular weight is 284 g/mol. The zero-order valence-corrected chi connectivity index (χ0v) is 12.2. The zero-order chi connectivity index (χ0) is 14.7. The number of nitrogens with zero attached hydrogens (tertiary/aromatic N) is 2. The lowest BCUT2D eigenvalue weighted by atomic mass is 9.90. The smallest absolute Gasteiger partial charge is 0.227 e. The number of carbonyl (C=O) groups excluding carboxylic acids is 1. The molecule has 1 aliphatic rings. The van der Waals surface area contributed by atoms with Crippen LogP contribution in [0.2, 0.25) is 0 Å². The van der Waals surface area contributed by atoms with Crippen LogP contribution in [0.15, 0.2) is 36.5 Å². The number of hydrogen-bond donors (Lipinski definition) is 2. The molecule has 2 aromatic rings. The van der Waals surface area contributed by atoms with Gasteiger partial charge in [-0.15, -0.1) is 0 Å². The highest BCUT2D eigenvalue weighted by Gasteiger charge is 2.25. The summed E-state index contributed by atoms with van der Waals surface area (Å²) >= 11 is 0. The number of anilines is 1. The molecule has 5 nitrogen and oxygen atoms in total. The summed E-state index contributed by atoms with van der Waals surface area (Å²) in [6.45, 7) is 1.49. The lowest BCUT2D eigenvalue weighted by molar-refractivity contribution is -0.122. The molecule has 21 heavy (non-hydrogen) atoms. The summed E-state index contributed by atoms with van der Waals surface area (Å²) in [5.74, 6) is 0.0695. The third-order valence-corrected chi connectivity index (χ3v) is 4.00. The van der Waals surface area contributed by atoms with Gasteiger partial charge in [-0.1, -0.05) is 18.2 Å². The van der Waals surface area contributed by atoms with Crippen molar-refractivity contribution in [3.8, 4) is 0 Å². The van der Waals surface area contributed by atoms with Gasteiger partial charge < -0.3 is 10.6 Å². The molecule has 0 fully saturated rings. The van der Waals surface area contributed by atoms with Crippen molar-refractivity contribution in [3.05, 3.63) is 47.8 Å². The van der Waals surface area contributed by atoms with E-state index in [1.165, 1.54) is 0 Å². The SMILES string of the molecule is Cn1nccc1CCNC(=O)C1CCNc2ccccc21. The topological polar surface area (TPSA) is 59.0 Å². The number of rotatable bonds is 4. The minimum absolute atomic E-state index is 0.0472. The standard InChI is InChI=1S/C16H20N4O/c1-20-12(7-11-19-20)6-9-18-16(21)14-8-10-17-15-5-3-2-4-13(14)15/h2-5,7,11,14,17H,6,8-10H2,1H3,(H,18,21). The Morgan fingerprint density at radius 3 is 3.10 bits per heavy atom. The first-order valence-corrected chi connectivity index (χ1v) is 7.33. The molecule has 1 unspecified atom stereocenters. The highest BCUT2D eigenvalue weighted by molar-refractivity contribution is 5.86. The van der Waals surface area contributed by atoms with E-state index in [2.05, 4.69) is 15.7 Å². The maximum absolute atomic E-state index is 12.4. The number of nitrogens with one attached hydrogen (secondary N) is 2. The molecule has 2 N–H and O–H groups in total. The van der Waals surface area contributed by atoms with Crippen LogP contribution in [0.1, 0.15) is 23.6 Å². The number of hydrogen-bond acceptors (Lipinski definition) is 3. The van der Waals surface area contributed by atoms with Crippen molar-refractivity contribution in [3.63, 3.8) is 0 Å². The van der Waals surface area contributed by atoms with Gasteiger partial charge in [-0.25, -0.2) is 0 Å². The largest absolute Gasteiger partial charge is 0.385 e. The second-order valence-corrected chi connectivity index (χ2v) is 5.34. The highest BCUT2D eigenvalue weighted by atomic mass is 16.1. The Balaban J connectivity index is 1.60. The molecular weight excluding hydrogens is 264 g/mol. The van der Waals surface area contributed by atoms with Gasteiger partial charge in [-0.3, -0.25) is 9.48 Å². The van der Waals surface area contributed by atoms with Crippen molar-refractivity contribution in [1.29, 1.82) is 0 Å². The first kappa shape index (κ1) is 13.7. The Bertz CT molecular complexity index is 635. The van der Waals surface area contributed by atoms with E-state index in [0.717, 1.165) is 36.3 Å². The Kier molecular flexibility index (Phi) is 3.90. The van der Waals surface area contributed by atoms with Crippen molar-refractivity contribution in [1.82, 2.24) is 15.1 Å². The van der Waals surface area contributed by atoms with Gasteiger partial charge in [0, 0.05) is 44.1 Å². The number of benzene rings is 1. The number of carbonyl (C=O) groups is 1.